The van der Waals surface area contributed by atoms with Gasteiger partial charge in [0.25, 0.3) is 6.71 Å². The molecule has 300 valence electrons. The second-order valence-corrected chi connectivity index (χ2v) is 20.2. The Hall–Kier alpha value is -5.80. The van der Waals surface area contributed by atoms with Gasteiger partial charge in [0.1, 0.15) is 0 Å². The summed E-state index contributed by atoms with van der Waals surface area (Å²) in [6, 6.07) is 57.1. The van der Waals surface area contributed by atoms with Crippen molar-refractivity contribution in [1.29, 1.82) is 0 Å². The molecule has 7 aromatic rings. The van der Waals surface area contributed by atoms with Crippen LogP contribution in [0.1, 0.15) is 112 Å². The molecule has 0 N–H and O–H groups in total. The number of anilines is 6. The van der Waals surface area contributed by atoms with Crippen LogP contribution in [0.5, 0.6) is 0 Å². The van der Waals surface area contributed by atoms with Crippen molar-refractivity contribution in [3.8, 4) is 0 Å². The predicted octanol–water partition coefficient (Wildman–Crippen LogP) is 13.3. The van der Waals surface area contributed by atoms with Crippen molar-refractivity contribution in [2.24, 2.45) is 0 Å². The van der Waals surface area contributed by atoms with E-state index in [9.17, 15) is 0 Å². The van der Waals surface area contributed by atoms with Gasteiger partial charge >= 0.3 is 0 Å². The number of aryl methyl sites for hydroxylation is 1. The molecule has 0 amide bonds. The van der Waals surface area contributed by atoms with Crippen LogP contribution in [0.15, 0.2) is 158 Å². The lowest BCUT2D eigenvalue weighted by molar-refractivity contribution is 0.590. The first-order valence-corrected chi connectivity index (χ1v) is 21.6. The molecule has 2 nitrogen and oxygen atoms in total. The lowest BCUT2D eigenvalue weighted by Gasteiger charge is -2.45. The average molecular weight is 786 g/mol. The molecule has 0 saturated heterocycles. The molecule has 2 heterocycles. The van der Waals surface area contributed by atoms with Crippen LogP contribution in [0, 0.1) is 6.85 Å². The second kappa shape index (κ2) is 14.2. The largest absolute Gasteiger partial charge is 0.311 e. The van der Waals surface area contributed by atoms with Crippen molar-refractivity contribution in [3.05, 3.63) is 197 Å². The van der Waals surface area contributed by atoms with E-state index in [-0.39, 0.29) is 28.4 Å². The standard InChI is InChI=1S/C57H59BN2/c1-38-34-51-53-52(35-38)60(46-30-24-42(25-31-46)56(8,9)40-18-14-12-15-19-40)50-33-27-44(57(10,11)41-20-16-13-17-21-41)37-48(50)58(53)47-36-43(55(5,6)7)26-32-49(47)59(51)45-28-22-39(23-29-45)54(2,3)4/h12-37H,1-11H3/i1D3. The van der Waals surface area contributed by atoms with Crippen molar-refractivity contribution in [3.63, 3.8) is 0 Å². The Balaban J connectivity index is 1.35. The highest BCUT2D eigenvalue weighted by molar-refractivity contribution is 7.00. The minimum Gasteiger partial charge on any atom is -0.311 e. The highest BCUT2D eigenvalue weighted by atomic mass is 15.2. The van der Waals surface area contributed by atoms with Gasteiger partial charge in [-0.05, 0) is 122 Å². The summed E-state index contributed by atoms with van der Waals surface area (Å²) in [5, 5.41) is 0. The summed E-state index contributed by atoms with van der Waals surface area (Å²) >= 11 is 0. The molecule has 0 saturated carbocycles. The highest BCUT2D eigenvalue weighted by Gasteiger charge is 2.44. The van der Waals surface area contributed by atoms with Crippen LogP contribution in [-0.2, 0) is 21.7 Å². The van der Waals surface area contributed by atoms with Crippen molar-refractivity contribution in [2.75, 3.05) is 9.80 Å². The van der Waals surface area contributed by atoms with E-state index in [1.165, 1.54) is 44.3 Å². The quantitative estimate of drug-likeness (QED) is 0.155. The molecule has 0 radical (unpaired) electrons. The molecule has 2 aliphatic heterocycles. The van der Waals surface area contributed by atoms with E-state index in [4.69, 9.17) is 4.11 Å². The predicted molar refractivity (Wildman–Crippen MR) is 260 cm³/mol. The second-order valence-electron chi connectivity index (χ2n) is 20.2. The van der Waals surface area contributed by atoms with Crippen LogP contribution in [0.3, 0.4) is 0 Å². The Morgan fingerprint density at radius 3 is 1.22 bits per heavy atom. The zero-order valence-corrected chi connectivity index (χ0v) is 37.0. The lowest BCUT2D eigenvalue weighted by atomic mass is 9.33. The molecule has 0 unspecified atom stereocenters. The number of hydrogen-bond donors (Lipinski definition) is 0. The Bertz CT molecular complexity index is 2830. The van der Waals surface area contributed by atoms with Crippen LogP contribution < -0.4 is 26.2 Å². The Morgan fingerprint density at radius 2 is 0.767 bits per heavy atom. The monoisotopic (exact) mass is 785 g/mol. The minimum absolute atomic E-state index is 0.0211. The van der Waals surface area contributed by atoms with Crippen LogP contribution >= 0.6 is 0 Å². The van der Waals surface area contributed by atoms with Gasteiger partial charge in [0, 0.05) is 49.1 Å². The van der Waals surface area contributed by atoms with Gasteiger partial charge in [0.15, 0.2) is 0 Å². The molecular weight excluding hydrogens is 723 g/mol. The lowest BCUT2D eigenvalue weighted by Crippen LogP contribution is -2.61. The zero-order chi connectivity index (χ0) is 44.9. The number of fused-ring (bicyclic) bond motifs is 4. The van der Waals surface area contributed by atoms with E-state index < -0.39 is 6.85 Å². The summed E-state index contributed by atoms with van der Waals surface area (Å²) < 4.78 is 26.7. The van der Waals surface area contributed by atoms with Crippen LogP contribution in [-0.4, -0.2) is 6.71 Å². The SMILES string of the molecule is [2H]C([2H])([2H])c1cc2c3c(c1)N(c1ccc(C(C)(C)c4ccccc4)cc1)c1ccc(C(C)(C)c4ccccc4)cc1B3c1cc(C(C)(C)C)ccc1N2c1ccc(C(C)(C)C)cc1. The van der Waals surface area contributed by atoms with Crippen molar-refractivity contribution >= 4 is 57.2 Å². The molecule has 0 aromatic heterocycles. The fourth-order valence-electron chi connectivity index (χ4n) is 9.60. The van der Waals surface area contributed by atoms with Gasteiger partial charge < -0.3 is 9.80 Å². The van der Waals surface area contributed by atoms with Crippen molar-refractivity contribution in [2.45, 2.75) is 97.7 Å². The first-order valence-electron chi connectivity index (χ1n) is 23.1. The number of hydrogen-bond acceptors (Lipinski definition) is 2. The summed E-state index contributed by atoms with van der Waals surface area (Å²) in [4.78, 5) is 4.66. The van der Waals surface area contributed by atoms with Crippen LogP contribution in [0.25, 0.3) is 0 Å². The molecule has 0 aliphatic carbocycles. The smallest absolute Gasteiger partial charge is 0.252 e. The molecule has 0 spiro atoms. The summed E-state index contributed by atoms with van der Waals surface area (Å²) in [5.41, 5.74) is 16.6. The van der Waals surface area contributed by atoms with E-state index in [0.29, 0.717) is 5.56 Å². The maximum absolute atomic E-state index is 8.91. The van der Waals surface area contributed by atoms with Crippen LogP contribution in [0.4, 0.5) is 34.1 Å². The number of benzene rings is 7. The molecule has 0 fully saturated rings. The van der Waals surface area contributed by atoms with Gasteiger partial charge in [0.05, 0.1) is 0 Å². The van der Waals surface area contributed by atoms with Crippen molar-refractivity contribution < 1.29 is 4.11 Å². The third-order valence-electron chi connectivity index (χ3n) is 13.5. The summed E-state index contributed by atoms with van der Waals surface area (Å²) in [6.45, 7) is 20.2. The van der Waals surface area contributed by atoms with E-state index in [1.54, 1.807) is 0 Å². The van der Waals surface area contributed by atoms with E-state index >= 15 is 0 Å². The fourth-order valence-corrected chi connectivity index (χ4v) is 9.60. The fraction of sp³-hybridized carbons (Fsp3) is 0.263. The van der Waals surface area contributed by atoms with Gasteiger partial charge in [-0.1, -0.05) is 178 Å². The maximum Gasteiger partial charge on any atom is 0.252 e. The molecule has 9 rings (SSSR count). The number of rotatable bonds is 6. The van der Waals surface area contributed by atoms with E-state index in [1.807, 2.05) is 12.1 Å². The Kier molecular flexibility index (Phi) is 8.52. The molecule has 3 heteroatoms. The molecule has 7 aromatic carbocycles. The van der Waals surface area contributed by atoms with Gasteiger partial charge in [-0.3, -0.25) is 0 Å². The van der Waals surface area contributed by atoms with Gasteiger partial charge in [-0.25, -0.2) is 0 Å². The highest BCUT2D eigenvalue weighted by Crippen LogP contribution is 2.46. The Labute approximate surface area is 364 Å². The van der Waals surface area contributed by atoms with Gasteiger partial charge in [-0.15, -0.1) is 0 Å². The van der Waals surface area contributed by atoms with E-state index in [0.717, 1.165) is 39.6 Å². The molecular formula is C57H59BN2. The molecule has 60 heavy (non-hydrogen) atoms. The number of nitrogens with zero attached hydrogens (tertiary/aromatic N) is 2. The third kappa shape index (κ3) is 6.58. The average Bonchev–Trinajstić information content (AvgIpc) is 3.25. The minimum atomic E-state index is -2.35. The third-order valence-corrected chi connectivity index (χ3v) is 13.5. The first-order chi connectivity index (χ1) is 29.7. The topological polar surface area (TPSA) is 6.48 Å². The maximum atomic E-state index is 8.91. The van der Waals surface area contributed by atoms with Gasteiger partial charge in [-0.2, -0.15) is 0 Å². The molecule has 2 aliphatic rings. The summed E-state index contributed by atoms with van der Waals surface area (Å²) in [6.07, 6.45) is 0. The van der Waals surface area contributed by atoms with Gasteiger partial charge in [0.2, 0.25) is 0 Å². The van der Waals surface area contributed by atoms with E-state index in [2.05, 4.69) is 225 Å². The zero-order valence-electron chi connectivity index (χ0n) is 40.0. The normalized spacial score (nSPS) is 14.8. The molecule has 0 atom stereocenters. The van der Waals surface area contributed by atoms with Crippen molar-refractivity contribution in [1.82, 2.24) is 0 Å². The van der Waals surface area contributed by atoms with Crippen LogP contribution in [0.2, 0.25) is 0 Å². The Morgan fingerprint density at radius 1 is 0.383 bits per heavy atom. The summed E-state index contributed by atoms with van der Waals surface area (Å²) in [5.74, 6) is 0. The first kappa shape index (κ1) is 36.1. The molecule has 0 bridgehead atoms. The summed E-state index contributed by atoms with van der Waals surface area (Å²) in [7, 11) is 0.